The normalized spacial score (nSPS) is 10.8. The zero-order valence-electron chi connectivity index (χ0n) is 11.1. The van der Waals surface area contributed by atoms with Gasteiger partial charge in [-0.15, -0.1) is 0 Å². The Kier molecular flexibility index (Phi) is 3.39. The van der Waals surface area contributed by atoms with Crippen LogP contribution in [0.4, 0.5) is 14.5 Å². The maximum absolute atomic E-state index is 13.6. The first kappa shape index (κ1) is 13.3. The smallest absolute Gasteiger partial charge is 0.128 e. The predicted molar refractivity (Wildman–Crippen MR) is 77.5 cm³/mol. The summed E-state index contributed by atoms with van der Waals surface area (Å²) in [6.07, 6.45) is 3.42. The fourth-order valence-corrected chi connectivity index (χ4v) is 2.19. The first-order chi connectivity index (χ1) is 10.1. The summed E-state index contributed by atoms with van der Waals surface area (Å²) in [5.74, 6) is -0.918. The monoisotopic (exact) mass is 285 g/mol. The van der Waals surface area contributed by atoms with Crippen LogP contribution in [0.25, 0.3) is 11.1 Å². The molecule has 21 heavy (non-hydrogen) atoms. The third-order valence-electron chi connectivity index (χ3n) is 3.25. The summed E-state index contributed by atoms with van der Waals surface area (Å²) in [6.45, 7) is 0.163. The molecular weight excluding hydrogens is 272 g/mol. The summed E-state index contributed by atoms with van der Waals surface area (Å²) in [7, 11) is 0. The van der Waals surface area contributed by atoms with E-state index in [0.29, 0.717) is 5.69 Å². The molecule has 0 aliphatic rings. The minimum absolute atomic E-state index is 0.163. The Morgan fingerprint density at radius 3 is 2.71 bits per heavy atom. The van der Waals surface area contributed by atoms with E-state index in [2.05, 4.69) is 5.10 Å². The van der Waals surface area contributed by atoms with Gasteiger partial charge in [-0.05, 0) is 24.3 Å². The lowest BCUT2D eigenvalue weighted by molar-refractivity contribution is 0.566. The molecule has 0 aliphatic heterocycles. The van der Waals surface area contributed by atoms with Gasteiger partial charge in [0.15, 0.2) is 0 Å². The van der Waals surface area contributed by atoms with Crippen molar-refractivity contribution in [3.8, 4) is 11.1 Å². The topological polar surface area (TPSA) is 43.8 Å². The summed E-state index contributed by atoms with van der Waals surface area (Å²) < 4.78 is 28.3. The molecule has 0 saturated carbocycles. The van der Waals surface area contributed by atoms with Crippen molar-refractivity contribution in [2.45, 2.75) is 6.54 Å². The van der Waals surface area contributed by atoms with Crippen molar-refractivity contribution in [2.24, 2.45) is 0 Å². The van der Waals surface area contributed by atoms with Crippen LogP contribution in [0.1, 0.15) is 5.56 Å². The van der Waals surface area contributed by atoms with E-state index in [1.807, 2.05) is 18.2 Å². The standard InChI is InChI=1S/C16H13F2N3/c17-13-5-6-15(18)11(7-13)9-21-10-12(8-20-21)14-3-1-2-4-16(14)19/h1-8,10H,9,19H2. The third kappa shape index (κ3) is 2.76. The Bertz CT molecular complexity index is 781. The van der Waals surface area contributed by atoms with Gasteiger partial charge in [0.1, 0.15) is 11.6 Å². The van der Waals surface area contributed by atoms with Gasteiger partial charge in [-0.3, -0.25) is 4.68 Å². The first-order valence-corrected chi connectivity index (χ1v) is 6.45. The van der Waals surface area contributed by atoms with Gasteiger partial charge < -0.3 is 5.73 Å². The lowest BCUT2D eigenvalue weighted by Gasteiger charge is -2.04. The lowest BCUT2D eigenvalue weighted by Crippen LogP contribution is -2.02. The number of anilines is 1. The minimum atomic E-state index is -0.467. The molecule has 3 aromatic rings. The molecule has 3 nitrogen and oxygen atoms in total. The molecule has 0 aliphatic carbocycles. The molecule has 2 aromatic carbocycles. The number of aromatic nitrogens is 2. The van der Waals surface area contributed by atoms with Crippen LogP contribution in [0.3, 0.4) is 0 Å². The van der Waals surface area contributed by atoms with E-state index >= 15 is 0 Å². The number of nitrogens with two attached hydrogens (primary N) is 1. The molecule has 0 atom stereocenters. The Balaban J connectivity index is 1.89. The van der Waals surface area contributed by atoms with E-state index < -0.39 is 11.6 Å². The fraction of sp³-hybridized carbons (Fsp3) is 0.0625. The number of para-hydroxylation sites is 1. The predicted octanol–water partition coefficient (Wildman–Crippen LogP) is 3.46. The minimum Gasteiger partial charge on any atom is -0.398 e. The molecule has 1 heterocycles. The number of hydrogen-bond acceptors (Lipinski definition) is 2. The van der Waals surface area contributed by atoms with Crippen LogP contribution in [-0.4, -0.2) is 9.78 Å². The molecule has 3 rings (SSSR count). The second-order valence-electron chi connectivity index (χ2n) is 4.75. The van der Waals surface area contributed by atoms with Crippen LogP contribution < -0.4 is 5.73 Å². The van der Waals surface area contributed by atoms with Crippen molar-refractivity contribution in [2.75, 3.05) is 5.73 Å². The maximum atomic E-state index is 13.6. The van der Waals surface area contributed by atoms with Gasteiger partial charge in [-0.1, -0.05) is 18.2 Å². The van der Waals surface area contributed by atoms with Gasteiger partial charge in [-0.2, -0.15) is 5.10 Å². The largest absolute Gasteiger partial charge is 0.398 e. The molecule has 1 aromatic heterocycles. The fourth-order valence-electron chi connectivity index (χ4n) is 2.19. The zero-order valence-corrected chi connectivity index (χ0v) is 11.1. The van der Waals surface area contributed by atoms with Gasteiger partial charge >= 0.3 is 0 Å². The molecule has 0 radical (unpaired) electrons. The molecule has 2 N–H and O–H groups in total. The highest BCUT2D eigenvalue weighted by atomic mass is 19.1. The van der Waals surface area contributed by atoms with Gasteiger partial charge in [0, 0.05) is 28.6 Å². The average Bonchev–Trinajstić information content (AvgIpc) is 2.92. The SMILES string of the molecule is Nc1ccccc1-c1cnn(Cc2cc(F)ccc2F)c1. The van der Waals surface area contributed by atoms with E-state index in [1.165, 1.54) is 6.07 Å². The van der Waals surface area contributed by atoms with Crippen LogP contribution in [-0.2, 0) is 6.54 Å². The molecule has 0 bridgehead atoms. The van der Waals surface area contributed by atoms with E-state index in [0.717, 1.165) is 23.3 Å². The lowest BCUT2D eigenvalue weighted by atomic mass is 10.1. The number of hydrogen-bond donors (Lipinski definition) is 1. The highest BCUT2D eigenvalue weighted by molar-refractivity contribution is 5.75. The zero-order chi connectivity index (χ0) is 14.8. The van der Waals surface area contributed by atoms with Crippen LogP contribution in [0.15, 0.2) is 54.9 Å². The van der Waals surface area contributed by atoms with Crippen LogP contribution in [0.5, 0.6) is 0 Å². The van der Waals surface area contributed by atoms with Crippen molar-refractivity contribution in [1.29, 1.82) is 0 Å². The summed E-state index contributed by atoms with van der Waals surface area (Å²) in [5.41, 5.74) is 8.52. The molecule has 5 heteroatoms. The quantitative estimate of drug-likeness (QED) is 0.749. The molecule has 0 spiro atoms. The van der Waals surface area contributed by atoms with Crippen molar-refractivity contribution < 1.29 is 8.78 Å². The van der Waals surface area contributed by atoms with E-state index in [9.17, 15) is 8.78 Å². The number of nitrogen functional groups attached to an aromatic ring is 1. The molecule has 106 valence electrons. The van der Waals surface area contributed by atoms with Crippen LogP contribution in [0.2, 0.25) is 0 Å². The number of benzene rings is 2. The number of halogens is 2. The number of nitrogens with zero attached hydrogens (tertiary/aromatic N) is 2. The number of rotatable bonds is 3. The van der Waals surface area contributed by atoms with E-state index in [-0.39, 0.29) is 12.1 Å². The van der Waals surface area contributed by atoms with Gasteiger partial charge in [0.2, 0.25) is 0 Å². The van der Waals surface area contributed by atoms with E-state index in [1.54, 1.807) is 23.1 Å². The summed E-state index contributed by atoms with van der Waals surface area (Å²) >= 11 is 0. The van der Waals surface area contributed by atoms with Crippen molar-refractivity contribution in [1.82, 2.24) is 9.78 Å². The van der Waals surface area contributed by atoms with Gasteiger partial charge in [0.25, 0.3) is 0 Å². The van der Waals surface area contributed by atoms with Gasteiger partial charge in [-0.25, -0.2) is 8.78 Å². The third-order valence-corrected chi connectivity index (χ3v) is 3.25. The Morgan fingerprint density at radius 1 is 1.10 bits per heavy atom. The second-order valence-corrected chi connectivity index (χ2v) is 4.75. The average molecular weight is 285 g/mol. The first-order valence-electron chi connectivity index (χ1n) is 6.45. The van der Waals surface area contributed by atoms with E-state index in [4.69, 9.17) is 5.73 Å². The Hall–Kier alpha value is -2.69. The van der Waals surface area contributed by atoms with Crippen molar-refractivity contribution in [3.63, 3.8) is 0 Å². The van der Waals surface area contributed by atoms with Crippen molar-refractivity contribution in [3.05, 3.63) is 72.1 Å². The maximum Gasteiger partial charge on any atom is 0.128 e. The molecule has 0 fully saturated rings. The highest BCUT2D eigenvalue weighted by Gasteiger charge is 2.08. The summed E-state index contributed by atoms with van der Waals surface area (Å²) in [6, 6.07) is 10.8. The summed E-state index contributed by atoms with van der Waals surface area (Å²) in [5, 5.41) is 4.17. The summed E-state index contributed by atoms with van der Waals surface area (Å²) in [4.78, 5) is 0. The highest BCUT2D eigenvalue weighted by Crippen LogP contribution is 2.25. The van der Waals surface area contributed by atoms with Crippen LogP contribution >= 0.6 is 0 Å². The molecular formula is C16H13F2N3. The molecule has 0 saturated heterocycles. The Morgan fingerprint density at radius 2 is 1.90 bits per heavy atom. The molecule has 0 amide bonds. The molecule has 0 unspecified atom stereocenters. The van der Waals surface area contributed by atoms with Crippen molar-refractivity contribution >= 4 is 5.69 Å². The Labute approximate surface area is 120 Å². The van der Waals surface area contributed by atoms with Crippen LogP contribution in [0, 0.1) is 11.6 Å². The van der Waals surface area contributed by atoms with Gasteiger partial charge in [0.05, 0.1) is 12.7 Å². The second kappa shape index (κ2) is 5.36.